The van der Waals surface area contributed by atoms with Crippen LogP contribution in [-0.2, 0) is 12.8 Å². The molecule has 6 heteroatoms. The molecule has 0 saturated carbocycles. The van der Waals surface area contributed by atoms with Gasteiger partial charge in [0.2, 0.25) is 0 Å². The first kappa shape index (κ1) is 16.3. The summed E-state index contributed by atoms with van der Waals surface area (Å²) in [7, 11) is 2.08. The van der Waals surface area contributed by atoms with Gasteiger partial charge in [0.15, 0.2) is 5.69 Å². The molecule has 1 amide bonds. The molecule has 0 spiro atoms. The van der Waals surface area contributed by atoms with Crippen LogP contribution in [0.15, 0.2) is 24.3 Å². The van der Waals surface area contributed by atoms with Crippen molar-refractivity contribution < 1.29 is 9.18 Å². The minimum atomic E-state index is -0.310. The summed E-state index contributed by atoms with van der Waals surface area (Å²) in [6, 6.07) is 6.62. The van der Waals surface area contributed by atoms with Crippen LogP contribution in [-0.4, -0.2) is 58.7 Å². The molecule has 1 aliphatic carbocycles. The Kier molecular flexibility index (Phi) is 4.29. The number of nitrogens with zero attached hydrogens (tertiary/aromatic N) is 4. The highest BCUT2D eigenvalue weighted by Gasteiger charge is 2.30. The zero-order valence-electron chi connectivity index (χ0n) is 14.5. The Balaban J connectivity index is 1.70. The minimum absolute atomic E-state index is 0.0106. The molecular weight excluding hydrogens is 319 g/mol. The van der Waals surface area contributed by atoms with E-state index in [9.17, 15) is 9.18 Å². The van der Waals surface area contributed by atoms with Gasteiger partial charge in [0, 0.05) is 30.9 Å². The van der Waals surface area contributed by atoms with Crippen molar-refractivity contribution >= 4 is 5.91 Å². The fourth-order valence-electron chi connectivity index (χ4n) is 3.83. The number of para-hydroxylation sites is 1. The summed E-state index contributed by atoms with van der Waals surface area (Å²) in [6.07, 6.45) is 3.65. The molecule has 0 unspecified atom stereocenters. The molecule has 0 atom stereocenters. The van der Waals surface area contributed by atoms with Gasteiger partial charge in [-0.2, -0.15) is 5.10 Å². The summed E-state index contributed by atoms with van der Waals surface area (Å²) in [4.78, 5) is 17.2. The van der Waals surface area contributed by atoms with Crippen molar-refractivity contribution in [2.45, 2.75) is 25.7 Å². The molecule has 132 valence electrons. The van der Waals surface area contributed by atoms with E-state index >= 15 is 0 Å². The van der Waals surface area contributed by atoms with Crippen LogP contribution >= 0.6 is 0 Å². The number of halogens is 1. The number of aromatic nitrogens is 2. The topological polar surface area (TPSA) is 41.4 Å². The van der Waals surface area contributed by atoms with Gasteiger partial charge in [-0.3, -0.25) is 4.79 Å². The Labute approximate surface area is 147 Å². The van der Waals surface area contributed by atoms with Gasteiger partial charge in [0.1, 0.15) is 11.5 Å². The molecule has 0 N–H and O–H groups in total. The lowest BCUT2D eigenvalue weighted by Crippen LogP contribution is -2.35. The van der Waals surface area contributed by atoms with E-state index in [0.29, 0.717) is 11.4 Å². The molecule has 2 heterocycles. The molecule has 1 fully saturated rings. The Morgan fingerprint density at radius 2 is 1.92 bits per heavy atom. The van der Waals surface area contributed by atoms with Crippen LogP contribution in [0.2, 0.25) is 0 Å². The molecule has 0 radical (unpaired) electrons. The van der Waals surface area contributed by atoms with E-state index in [1.165, 1.54) is 6.07 Å². The van der Waals surface area contributed by atoms with Gasteiger partial charge in [0.25, 0.3) is 5.91 Å². The van der Waals surface area contributed by atoms with E-state index in [1.54, 1.807) is 22.9 Å². The third-order valence-corrected chi connectivity index (χ3v) is 5.22. The van der Waals surface area contributed by atoms with Gasteiger partial charge in [-0.25, -0.2) is 9.07 Å². The first-order valence-electron chi connectivity index (χ1n) is 8.98. The van der Waals surface area contributed by atoms with E-state index in [2.05, 4.69) is 17.0 Å². The van der Waals surface area contributed by atoms with Crippen LogP contribution in [0.3, 0.4) is 0 Å². The average molecular weight is 342 g/mol. The molecule has 2 aromatic rings. The lowest BCUT2D eigenvalue weighted by Gasteiger charge is -2.19. The summed E-state index contributed by atoms with van der Waals surface area (Å²) in [5.41, 5.74) is 2.93. The normalized spacial score (nSPS) is 18.2. The fourth-order valence-corrected chi connectivity index (χ4v) is 3.83. The maximum atomic E-state index is 14.2. The SMILES string of the molecule is CN1CCCN(C(=O)c2nn(-c3ccccc3F)c3c2CCC3)CC1. The van der Waals surface area contributed by atoms with Crippen molar-refractivity contribution in [2.75, 3.05) is 33.2 Å². The fraction of sp³-hybridized carbons (Fsp3) is 0.474. The monoisotopic (exact) mass is 342 g/mol. The lowest BCUT2D eigenvalue weighted by molar-refractivity contribution is 0.0755. The van der Waals surface area contributed by atoms with Crippen molar-refractivity contribution in [1.29, 1.82) is 0 Å². The number of amides is 1. The number of carbonyl (C=O) groups is 1. The molecule has 0 bridgehead atoms. The third kappa shape index (κ3) is 2.95. The van der Waals surface area contributed by atoms with E-state index in [0.717, 1.165) is 63.1 Å². The Morgan fingerprint density at radius 3 is 2.76 bits per heavy atom. The zero-order valence-corrected chi connectivity index (χ0v) is 14.5. The number of rotatable bonds is 2. The van der Waals surface area contributed by atoms with Crippen LogP contribution in [0.5, 0.6) is 0 Å². The van der Waals surface area contributed by atoms with Gasteiger partial charge >= 0.3 is 0 Å². The predicted molar refractivity (Wildman–Crippen MR) is 93.6 cm³/mol. The molecule has 1 saturated heterocycles. The molecular formula is C19H23FN4O. The number of fused-ring (bicyclic) bond motifs is 1. The number of benzene rings is 1. The first-order chi connectivity index (χ1) is 12.1. The summed E-state index contributed by atoms with van der Waals surface area (Å²) in [5.74, 6) is -0.321. The van der Waals surface area contributed by atoms with Crippen molar-refractivity contribution in [3.05, 3.63) is 47.0 Å². The Hall–Kier alpha value is -2.21. The summed E-state index contributed by atoms with van der Waals surface area (Å²) in [5, 5.41) is 4.56. The van der Waals surface area contributed by atoms with Gasteiger partial charge in [-0.15, -0.1) is 0 Å². The Morgan fingerprint density at radius 1 is 1.08 bits per heavy atom. The Bertz CT molecular complexity index is 801. The van der Waals surface area contributed by atoms with E-state index in [-0.39, 0.29) is 11.7 Å². The average Bonchev–Trinajstić information content (AvgIpc) is 3.14. The smallest absolute Gasteiger partial charge is 0.274 e. The van der Waals surface area contributed by atoms with Crippen molar-refractivity contribution in [2.24, 2.45) is 0 Å². The van der Waals surface area contributed by atoms with Crippen LogP contribution in [0.25, 0.3) is 5.69 Å². The minimum Gasteiger partial charge on any atom is -0.336 e. The molecule has 1 aromatic heterocycles. The first-order valence-corrected chi connectivity index (χ1v) is 8.98. The van der Waals surface area contributed by atoms with Crippen molar-refractivity contribution in [1.82, 2.24) is 19.6 Å². The summed E-state index contributed by atoms with van der Waals surface area (Å²) >= 11 is 0. The number of hydrogen-bond acceptors (Lipinski definition) is 3. The van der Waals surface area contributed by atoms with E-state index in [1.807, 2.05) is 4.90 Å². The second-order valence-electron chi connectivity index (χ2n) is 6.94. The zero-order chi connectivity index (χ0) is 17.4. The number of likely N-dealkylation sites (N-methyl/N-ethyl adjacent to an activating group) is 1. The van der Waals surface area contributed by atoms with Crippen LogP contribution in [0.1, 0.15) is 34.6 Å². The molecule has 4 rings (SSSR count). The van der Waals surface area contributed by atoms with E-state index in [4.69, 9.17) is 0 Å². The van der Waals surface area contributed by atoms with Gasteiger partial charge in [-0.05, 0) is 51.4 Å². The quantitative estimate of drug-likeness (QED) is 0.841. The molecule has 1 aliphatic heterocycles. The van der Waals surface area contributed by atoms with Gasteiger partial charge in [0.05, 0.1) is 0 Å². The van der Waals surface area contributed by atoms with Crippen LogP contribution in [0.4, 0.5) is 4.39 Å². The highest BCUT2D eigenvalue weighted by atomic mass is 19.1. The van der Waals surface area contributed by atoms with Crippen LogP contribution in [0, 0.1) is 5.82 Å². The van der Waals surface area contributed by atoms with E-state index < -0.39 is 0 Å². The summed E-state index contributed by atoms with van der Waals surface area (Å²) in [6.45, 7) is 3.36. The highest BCUT2D eigenvalue weighted by molar-refractivity contribution is 5.94. The van der Waals surface area contributed by atoms with Gasteiger partial charge < -0.3 is 9.80 Å². The maximum Gasteiger partial charge on any atom is 0.274 e. The number of hydrogen-bond donors (Lipinski definition) is 0. The maximum absolute atomic E-state index is 14.2. The van der Waals surface area contributed by atoms with Crippen molar-refractivity contribution in [3.63, 3.8) is 0 Å². The molecule has 5 nitrogen and oxygen atoms in total. The third-order valence-electron chi connectivity index (χ3n) is 5.22. The standard InChI is InChI=1S/C19H23FN4O/c1-22-10-5-11-23(13-12-22)19(25)18-14-6-4-9-16(14)24(21-18)17-8-3-2-7-15(17)20/h2-3,7-8H,4-6,9-13H2,1H3. The molecule has 1 aromatic carbocycles. The predicted octanol–water partition coefficient (Wildman–Crippen LogP) is 2.28. The largest absolute Gasteiger partial charge is 0.336 e. The van der Waals surface area contributed by atoms with Gasteiger partial charge in [-0.1, -0.05) is 12.1 Å². The summed E-state index contributed by atoms with van der Waals surface area (Å²) < 4.78 is 15.9. The second kappa shape index (κ2) is 6.59. The number of carbonyl (C=O) groups excluding carboxylic acids is 1. The highest BCUT2D eigenvalue weighted by Crippen LogP contribution is 2.29. The lowest BCUT2D eigenvalue weighted by atomic mass is 10.2. The second-order valence-corrected chi connectivity index (χ2v) is 6.94. The molecule has 25 heavy (non-hydrogen) atoms. The van der Waals surface area contributed by atoms with Crippen molar-refractivity contribution in [3.8, 4) is 5.69 Å². The molecule has 2 aliphatic rings. The van der Waals surface area contributed by atoms with Crippen LogP contribution < -0.4 is 0 Å².